The number of hydrogen-bond acceptors (Lipinski definition) is 5. The molecule has 0 bridgehead atoms. The first kappa shape index (κ1) is 22.8. The minimum Gasteiger partial charge on any atom is -0.494 e. The van der Waals surface area contributed by atoms with Gasteiger partial charge in [-0.25, -0.2) is 0 Å². The highest BCUT2D eigenvalue weighted by molar-refractivity contribution is 5.99. The number of rotatable bonds is 9. The van der Waals surface area contributed by atoms with E-state index in [2.05, 4.69) is 10.9 Å². The molecule has 32 heavy (non-hydrogen) atoms. The van der Waals surface area contributed by atoms with E-state index in [0.29, 0.717) is 30.9 Å². The summed E-state index contributed by atoms with van der Waals surface area (Å²) < 4.78 is 16.2. The SMILES string of the molecule is CCOc1ccc(OCc2ccc(C(=O)NNC(=O)c3cccc(COC)c3)cc2)cc1. The molecule has 0 radical (unpaired) electrons. The first-order chi connectivity index (χ1) is 15.6. The second-order valence-electron chi connectivity index (χ2n) is 6.93. The van der Waals surface area contributed by atoms with Gasteiger partial charge >= 0.3 is 0 Å². The zero-order valence-corrected chi connectivity index (χ0v) is 18.1. The Morgan fingerprint density at radius 1 is 0.719 bits per heavy atom. The van der Waals surface area contributed by atoms with Crippen molar-refractivity contribution in [2.24, 2.45) is 0 Å². The van der Waals surface area contributed by atoms with Crippen molar-refractivity contribution in [1.82, 2.24) is 10.9 Å². The van der Waals surface area contributed by atoms with E-state index in [9.17, 15) is 9.59 Å². The van der Waals surface area contributed by atoms with Crippen LogP contribution < -0.4 is 20.3 Å². The van der Waals surface area contributed by atoms with Gasteiger partial charge in [-0.2, -0.15) is 0 Å². The Morgan fingerprint density at radius 2 is 1.34 bits per heavy atom. The summed E-state index contributed by atoms with van der Waals surface area (Å²) in [6.45, 7) is 3.32. The van der Waals surface area contributed by atoms with Gasteiger partial charge in [-0.05, 0) is 66.6 Å². The number of ether oxygens (including phenoxy) is 3. The Labute approximate surface area is 187 Å². The molecule has 0 saturated heterocycles. The fraction of sp³-hybridized carbons (Fsp3) is 0.200. The number of benzene rings is 3. The van der Waals surface area contributed by atoms with Crippen LogP contribution in [0.3, 0.4) is 0 Å². The van der Waals surface area contributed by atoms with E-state index in [4.69, 9.17) is 14.2 Å². The molecule has 3 aromatic rings. The van der Waals surface area contributed by atoms with Crippen molar-refractivity contribution in [2.75, 3.05) is 13.7 Å². The quantitative estimate of drug-likeness (QED) is 0.499. The van der Waals surface area contributed by atoms with Gasteiger partial charge in [0.25, 0.3) is 11.8 Å². The zero-order valence-electron chi connectivity index (χ0n) is 18.1. The van der Waals surface area contributed by atoms with Crippen molar-refractivity contribution in [3.63, 3.8) is 0 Å². The molecule has 0 aliphatic rings. The van der Waals surface area contributed by atoms with E-state index in [1.807, 2.05) is 37.3 Å². The molecule has 0 fully saturated rings. The summed E-state index contributed by atoms with van der Waals surface area (Å²) in [5.41, 5.74) is 7.49. The van der Waals surface area contributed by atoms with Crippen LogP contribution in [-0.2, 0) is 18.0 Å². The molecule has 0 spiro atoms. The molecule has 0 saturated carbocycles. The van der Waals surface area contributed by atoms with Crippen molar-refractivity contribution >= 4 is 11.8 Å². The highest BCUT2D eigenvalue weighted by Gasteiger charge is 2.10. The molecule has 0 aliphatic heterocycles. The third-order valence-electron chi connectivity index (χ3n) is 4.55. The lowest BCUT2D eigenvalue weighted by molar-refractivity contribution is 0.0846. The van der Waals surface area contributed by atoms with Crippen molar-refractivity contribution in [3.05, 3.63) is 95.1 Å². The van der Waals surface area contributed by atoms with E-state index in [-0.39, 0.29) is 0 Å². The van der Waals surface area contributed by atoms with Crippen LogP contribution in [0.2, 0.25) is 0 Å². The average Bonchev–Trinajstić information content (AvgIpc) is 2.83. The third-order valence-corrected chi connectivity index (χ3v) is 4.55. The lowest BCUT2D eigenvalue weighted by Gasteiger charge is -2.10. The molecule has 0 unspecified atom stereocenters. The number of methoxy groups -OCH3 is 1. The maximum Gasteiger partial charge on any atom is 0.269 e. The Hall–Kier alpha value is -3.84. The van der Waals surface area contributed by atoms with Crippen molar-refractivity contribution in [2.45, 2.75) is 20.1 Å². The second kappa shape index (κ2) is 11.5. The lowest BCUT2D eigenvalue weighted by atomic mass is 10.1. The molecule has 7 nitrogen and oxygen atoms in total. The second-order valence-corrected chi connectivity index (χ2v) is 6.93. The molecular formula is C25H26N2O5. The third kappa shape index (κ3) is 6.58. The molecule has 2 N–H and O–H groups in total. The van der Waals surface area contributed by atoms with E-state index >= 15 is 0 Å². The van der Waals surface area contributed by atoms with Crippen molar-refractivity contribution in [3.8, 4) is 11.5 Å². The van der Waals surface area contributed by atoms with Crippen molar-refractivity contribution < 1.29 is 23.8 Å². The summed E-state index contributed by atoms with van der Waals surface area (Å²) in [5.74, 6) is 0.708. The van der Waals surface area contributed by atoms with E-state index in [1.165, 1.54) is 0 Å². The lowest BCUT2D eigenvalue weighted by Crippen LogP contribution is -2.41. The molecule has 0 aromatic heterocycles. The van der Waals surface area contributed by atoms with Gasteiger partial charge in [-0.1, -0.05) is 24.3 Å². The number of hydrogen-bond donors (Lipinski definition) is 2. The Kier molecular flexibility index (Phi) is 8.22. The van der Waals surface area contributed by atoms with Gasteiger partial charge in [0.05, 0.1) is 13.2 Å². The van der Waals surface area contributed by atoms with Crippen LogP contribution in [0, 0.1) is 0 Å². The van der Waals surface area contributed by atoms with Gasteiger partial charge in [0.1, 0.15) is 18.1 Å². The number of carbonyl (C=O) groups is 2. The van der Waals surface area contributed by atoms with Crippen molar-refractivity contribution in [1.29, 1.82) is 0 Å². The van der Waals surface area contributed by atoms with E-state index in [0.717, 1.165) is 22.6 Å². The van der Waals surface area contributed by atoms with Gasteiger partial charge < -0.3 is 14.2 Å². The molecule has 0 atom stereocenters. The molecular weight excluding hydrogens is 408 g/mol. The number of amides is 2. The van der Waals surface area contributed by atoms with Crippen LogP contribution in [0.15, 0.2) is 72.8 Å². The number of nitrogens with one attached hydrogen (secondary N) is 2. The molecule has 3 aromatic carbocycles. The zero-order chi connectivity index (χ0) is 22.8. The van der Waals surface area contributed by atoms with E-state index < -0.39 is 11.8 Å². The van der Waals surface area contributed by atoms with Crippen LogP contribution in [0.25, 0.3) is 0 Å². The van der Waals surface area contributed by atoms with Gasteiger partial charge in [-0.3, -0.25) is 20.4 Å². The largest absolute Gasteiger partial charge is 0.494 e. The summed E-state index contributed by atoms with van der Waals surface area (Å²) >= 11 is 0. The molecule has 166 valence electrons. The van der Waals surface area contributed by atoms with Gasteiger partial charge in [0.2, 0.25) is 0 Å². The van der Waals surface area contributed by atoms with Gasteiger partial charge in [-0.15, -0.1) is 0 Å². The van der Waals surface area contributed by atoms with Gasteiger partial charge in [0, 0.05) is 18.2 Å². The first-order valence-corrected chi connectivity index (χ1v) is 10.2. The van der Waals surface area contributed by atoms with E-state index in [1.54, 1.807) is 49.6 Å². The Morgan fingerprint density at radius 3 is 1.97 bits per heavy atom. The average molecular weight is 434 g/mol. The molecule has 0 aliphatic carbocycles. The fourth-order valence-corrected chi connectivity index (χ4v) is 2.94. The maximum absolute atomic E-state index is 12.3. The summed E-state index contributed by atoms with van der Waals surface area (Å²) in [4.78, 5) is 24.6. The topological polar surface area (TPSA) is 85.9 Å². The molecule has 3 rings (SSSR count). The van der Waals surface area contributed by atoms with Crippen LogP contribution in [-0.4, -0.2) is 25.5 Å². The summed E-state index contributed by atoms with van der Waals surface area (Å²) in [6, 6.07) is 21.4. The van der Waals surface area contributed by atoms with Crippen LogP contribution in [0.1, 0.15) is 38.8 Å². The highest BCUT2D eigenvalue weighted by atomic mass is 16.5. The Bertz CT molecular complexity index is 1030. The summed E-state index contributed by atoms with van der Waals surface area (Å²) in [7, 11) is 1.59. The number of carbonyl (C=O) groups excluding carboxylic acids is 2. The smallest absolute Gasteiger partial charge is 0.269 e. The fourth-order valence-electron chi connectivity index (χ4n) is 2.94. The summed E-state index contributed by atoms with van der Waals surface area (Å²) in [5, 5.41) is 0. The predicted octanol–water partition coefficient (Wildman–Crippen LogP) is 3.89. The van der Waals surface area contributed by atoms with Crippen LogP contribution >= 0.6 is 0 Å². The number of hydrazine groups is 1. The summed E-state index contributed by atoms with van der Waals surface area (Å²) in [6.07, 6.45) is 0. The first-order valence-electron chi connectivity index (χ1n) is 10.2. The maximum atomic E-state index is 12.3. The molecule has 0 heterocycles. The standard InChI is InChI=1S/C25H26N2O5/c1-3-31-22-11-13-23(14-12-22)32-17-18-7-9-20(10-8-18)24(28)26-27-25(29)21-6-4-5-19(15-21)16-30-2/h4-15H,3,16-17H2,1-2H3,(H,26,28)(H,27,29). The molecule has 7 heteroatoms. The molecule has 2 amide bonds. The Balaban J connectivity index is 1.49. The monoisotopic (exact) mass is 434 g/mol. The normalized spacial score (nSPS) is 10.3. The van der Waals surface area contributed by atoms with Crippen LogP contribution in [0.4, 0.5) is 0 Å². The minimum absolute atomic E-state index is 0.366. The van der Waals surface area contributed by atoms with Crippen LogP contribution in [0.5, 0.6) is 11.5 Å². The minimum atomic E-state index is -0.412. The highest BCUT2D eigenvalue weighted by Crippen LogP contribution is 2.18. The predicted molar refractivity (Wildman–Crippen MR) is 120 cm³/mol. The van der Waals surface area contributed by atoms with Gasteiger partial charge in [0.15, 0.2) is 0 Å².